The van der Waals surface area contributed by atoms with Gasteiger partial charge < -0.3 is 24.2 Å². The van der Waals surface area contributed by atoms with E-state index in [1.165, 1.54) is 12.1 Å². The minimum atomic E-state index is -2.98. The first-order valence-corrected chi connectivity index (χ1v) is 14.7. The Morgan fingerprint density at radius 2 is 1.88 bits per heavy atom. The molecule has 2 N–H and O–H groups in total. The highest BCUT2D eigenvalue weighted by atomic mass is 32.1. The fourth-order valence-electron chi connectivity index (χ4n) is 6.67. The molecule has 3 aliphatic rings. The number of ether oxygens (including phenoxy) is 2. The smallest absolute Gasteiger partial charge is 0.387 e. The van der Waals surface area contributed by atoms with Crippen molar-refractivity contribution in [3.63, 3.8) is 0 Å². The molecule has 7 rings (SSSR count). The second-order valence-corrected chi connectivity index (χ2v) is 12.4. The Balaban J connectivity index is 1.12. The van der Waals surface area contributed by atoms with Crippen molar-refractivity contribution in [2.24, 2.45) is 11.8 Å². The maximum Gasteiger partial charge on any atom is 0.387 e. The van der Waals surface area contributed by atoms with Gasteiger partial charge in [-0.2, -0.15) is 8.78 Å². The Bertz CT molecular complexity index is 1650. The Morgan fingerprint density at radius 3 is 2.57 bits per heavy atom. The van der Waals surface area contributed by atoms with Crippen molar-refractivity contribution in [1.82, 2.24) is 10.1 Å². The highest BCUT2D eigenvalue weighted by molar-refractivity contribution is 7.18. The molecule has 0 spiro atoms. The zero-order valence-corrected chi connectivity index (χ0v) is 23.1. The van der Waals surface area contributed by atoms with Gasteiger partial charge in [-0.1, -0.05) is 17.3 Å². The third kappa shape index (κ3) is 4.65. The van der Waals surface area contributed by atoms with Crippen LogP contribution in [0.5, 0.6) is 5.75 Å². The quantitative estimate of drug-likeness (QED) is 0.214. The number of nitrogens with zero attached hydrogens (tertiary/aromatic N) is 2. The van der Waals surface area contributed by atoms with E-state index in [1.54, 1.807) is 18.2 Å². The van der Waals surface area contributed by atoms with Crippen molar-refractivity contribution in [1.29, 1.82) is 0 Å². The summed E-state index contributed by atoms with van der Waals surface area (Å²) < 4.78 is 58.1. The molecule has 4 aromatic rings. The molecule has 12 heteroatoms. The van der Waals surface area contributed by atoms with Crippen molar-refractivity contribution in [3.05, 3.63) is 64.1 Å². The van der Waals surface area contributed by atoms with E-state index in [0.29, 0.717) is 45.1 Å². The minimum absolute atomic E-state index is 0.00733. The number of carboxylic acid groups (broad SMARTS) is 1. The molecule has 2 bridgehead atoms. The van der Waals surface area contributed by atoms with Crippen molar-refractivity contribution >= 4 is 27.5 Å². The number of aromatic carboxylic acids is 1. The van der Waals surface area contributed by atoms with E-state index >= 15 is 0 Å². The van der Waals surface area contributed by atoms with E-state index < -0.39 is 24.0 Å². The van der Waals surface area contributed by atoms with Gasteiger partial charge in [-0.05, 0) is 74.6 Å². The van der Waals surface area contributed by atoms with Crippen LogP contribution in [0.15, 0.2) is 40.9 Å². The Kier molecular flexibility index (Phi) is 6.74. The lowest BCUT2D eigenvalue weighted by Crippen LogP contribution is -2.44. The number of halogens is 3. The minimum Gasteiger partial charge on any atom is -0.478 e. The van der Waals surface area contributed by atoms with Crippen LogP contribution in [0.4, 0.5) is 13.2 Å². The number of benzene rings is 2. The van der Waals surface area contributed by atoms with Crippen LogP contribution in [0.3, 0.4) is 0 Å². The number of aliphatic hydroxyl groups is 1. The number of aromatic nitrogens is 2. The summed E-state index contributed by atoms with van der Waals surface area (Å²) in [7, 11) is 0. The zero-order chi connectivity index (χ0) is 29.2. The predicted molar refractivity (Wildman–Crippen MR) is 145 cm³/mol. The van der Waals surface area contributed by atoms with Crippen LogP contribution in [0.2, 0.25) is 0 Å². The molecule has 2 aromatic heterocycles. The predicted octanol–water partition coefficient (Wildman–Crippen LogP) is 6.86. The molecular weight excluding hydrogens is 573 g/mol. The molecule has 220 valence electrons. The van der Waals surface area contributed by atoms with Crippen LogP contribution in [-0.2, 0) is 16.9 Å². The Hall–Kier alpha value is -3.48. The Labute approximate surface area is 242 Å². The zero-order valence-electron chi connectivity index (χ0n) is 22.3. The first-order chi connectivity index (χ1) is 20.2. The van der Waals surface area contributed by atoms with E-state index in [-0.39, 0.29) is 47.3 Å². The summed E-state index contributed by atoms with van der Waals surface area (Å²) in [4.78, 5) is 15.8. The molecule has 2 heterocycles. The molecule has 2 unspecified atom stereocenters. The van der Waals surface area contributed by atoms with Crippen molar-refractivity contribution < 1.29 is 42.2 Å². The number of thiazole rings is 1. The van der Waals surface area contributed by atoms with Crippen LogP contribution in [0, 0.1) is 17.7 Å². The largest absolute Gasteiger partial charge is 0.478 e. The molecule has 8 nitrogen and oxygen atoms in total. The van der Waals surface area contributed by atoms with Crippen LogP contribution in [0.1, 0.15) is 71.1 Å². The normalized spacial score (nSPS) is 25.4. The number of hydrogen-bond donors (Lipinski definition) is 2. The fraction of sp³-hybridized carbons (Fsp3) is 0.433. The summed E-state index contributed by atoms with van der Waals surface area (Å²) >= 11 is 1.13. The summed E-state index contributed by atoms with van der Waals surface area (Å²) in [6, 6.07) is 8.80. The molecule has 2 atom stereocenters. The van der Waals surface area contributed by atoms with Gasteiger partial charge in [0.05, 0.1) is 23.0 Å². The number of carbonyl (C=O) groups is 1. The summed E-state index contributed by atoms with van der Waals surface area (Å²) in [5, 5.41) is 25.9. The lowest BCUT2D eigenvalue weighted by atomic mass is 9.73. The van der Waals surface area contributed by atoms with Crippen LogP contribution < -0.4 is 4.74 Å². The summed E-state index contributed by atoms with van der Waals surface area (Å²) in [5.74, 6) is -1.38. The first kappa shape index (κ1) is 27.4. The lowest BCUT2D eigenvalue weighted by Gasteiger charge is -2.41. The molecule has 3 aliphatic carbocycles. The maximum atomic E-state index is 14.7. The number of fused-ring (bicyclic) bond motifs is 3. The summed E-state index contributed by atoms with van der Waals surface area (Å²) in [5.41, 5.74) is 0.179. The van der Waals surface area contributed by atoms with Crippen LogP contribution >= 0.6 is 11.3 Å². The number of carboxylic acids is 1. The van der Waals surface area contributed by atoms with E-state index in [9.17, 15) is 28.2 Å². The summed E-state index contributed by atoms with van der Waals surface area (Å²) in [6.45, 7) is -2.82. The van der Waals surface area contributed by atoms with Gasteiger partial charge in [-0.3, -0.25) is 0 Å². The van der Waals surface area contributed by atoms with Gasteiger partial charge in [0.15, 0.2) is 5.82 Å². The molecule has 3 saturated carbocycles. The third-order valence-corrected chi connectivity index (χ3v) is 9.97. The van der Waals surface area contributed by atoms with Crippen molar-refractivity contribution in [2.45, 2.75) is 69.4 Å². The summed E-state index contributed by atoms with van der Waals surface area (Å²) in [6.07, 6.45) is 4.33. The SMILES string of the molecule is O=C(O)c1cc(F)c2nc(C3(O)C4CCC3CC(OCc3c(-c5ccccc5OC(F)F)noc3C3CC3)C4)sc2c1. The number of alkyl halides is 2. The van der Waals surface area contributed by atoms with Gasteiger partial charge in [0.25, 0.3) is 0 Å². The molecule has 3 fully saturated rings. The van der Waals surface area contributed by atoms with Gasteiger partial charge in [0.2, 0.25) is 0 Å². The second kappa shape index (κ2) is 10.4. The molecule has 0 amide bonds. The number of rotatable bonds is 9. The molecule has 2 aromatic carbocycles. The average Bonchev–Trinajstić information content (AvgIpc) is 3.52. The van der Waals surface area contributed by atoms with E-state index in [0.717, 1.165) is 43.1 Å². The molecule has 42 heavy (non-hydrogen) atoms. The molecule has 0 saturated heterocycles. The topological polar surface area (TPSA) is 115 Å². The molecular formula is C30H27F3N2O6S. The van der Waals surface area contributed by atoms with Gasteiger partial charge in [0.1, 0.15) is 33.3 Å². The second-order valence-electron chi connectivity index (χ2n) is 11.4. The molecule has 0 aliphatic heterocycles. The highest BCUT2D eigenvalue weighted by Gasteiger charge is 2.56. The van der Waals surface area contributed by atoms with E-state index in [1.807, 2.05) is 0 Å². The van der Waals surface area contributed by atoms with Crippen LogP contribution in [-0.4, -0.2) is 39.0 Å². The Morgan fingerprint density at radius 1 is 1.14 bits per heavy atom. The monoisotopic (exact) mass is 600 g/mol. The van der Waals surface area contributed by atoms with E-state index in [2.05, 4.69) is 10.1 Å². The maximum absolute atomic E-state index is 14.7. The lowest BCUT2D eigenvalue weighted by molar-refractivity contribution is -0.116. The van der Waals surface area contributed by atoms with Gasteiger partial charge in [-0.25, -0.2) is 14.2 Å². The van der Waals surface area contributed by atoms with Crippen LogP contribution in [0.25, 0.3) is 21.5 Å². The van der Waals surface area contributed by atoms with E-state index in [4.69, 9.17) is 14.0 Å². The standard InChI is InChI=1S/C30H27F3N2O6S/c31-21-9-15(27(36)37)10-23-25(21)34-28(42-23)30(38)16-7-8-17(30)12-18(11-16)39-13-20-24(35-41-26(20)14-5-6-14)19-3-1-2-4-22(19)40-29(32)33/h1-4,9-10,14,16-18,29,38H,5-8,11-13H2,(H,36,37). The first-order valence-electron chi connectivity index (χ1n) is 13.9. The van der Waals surface area contributed by atoms with Crippen molar-refractivity contribution in [2.75, 3.05) is 0 Å². The average molecular weight is 601 g/mol. The fourth-order valence-corrected chi connectivity index (χ4v) is 7.94. The highest BCUT2D eigenvalue weighted by Crippen LogP contribution is 2.57. The van der Waals surface area contributed by atoms with Gasteiger partial charge in [-0.15, -0.1) is 11.3 Å². The third-order valence-electron chi connectivity index (χ3n) is 8.83. The van der Waals surface area contributed by atoms with Gasteiger partial charge >= 0.3 is 12.6 Å². The van der Waals surface area contributed by atoms with Gasteiger partial charge in [0, 0.05) is 17.0 Å². The van der Waals surface area contributed by atoms with Crippen molar-refractivity contribution in [3.8, 4) is 17.0 Å². The number of para-hydroxylation sites is 1. The number of hydrogen-bond acceptors (Lipinski definition) is 8. The molecule has 0 radical (unpaired) electrons.